The molecule has 0 saturated carbocycles. The minimum Gasteiger partial charge on any atom is -0.490 e. The molecule has 2 atom stereocenters. The van der Waals surface area contributed by atoms with E-state index in [0.717, 1.165) is 5.56 Å². The van der Waals surface area contributed by atoms with Gasteiger partial charge in [0, 0.05) is 13.5 Å². The average Bonchev–Trinajstić information content (AvgIpc) is 2.73. The first-order valence-electron chi connectivity index (χ1n) is 10.1. The van der Waals surface area contributed by atoms with Crippen LogP contribution >= 0.6 is 0 Å². The maximum Gasteiger partial charge on any atom is 0.410 e. The first kappa shape index (κ1) is 25.7. The van der Waals surface area contributed by atoms with E-state index < -0.39 is 30.1 Å². The monoisotopic (exact) mass is 432 g/mol. The lowest BCUT2D eigenvalue weighted by atomic mass is 10.0. The smallest absolute Gasteiger partial charge is 0.410 e. The molecule has 1 rings (SSSR count). The zero-order chi connectivity index (χ0) is 23.4. The molecule has 0 fully saturated rings. The number of benzene rings is 1. The van der Waals surface area contributed by atoms with Gasteiger partial charge >= 0.3 is 12.1 Å². The molecule has 1 aromatic carbocycles. The minimum absolute atomic E-state index is 0.0173. The standard InChI is InChI=1S/C23H32N2O6/c1-6-12-30-18-10-8-17(9-11-18)15-19(22(27)28)24-21(26)20(14-16(3)4)25(5)23(29)31-13-7-2/h6-11,16,19-20H,1-2,12-15H2,3-5H3,(H,24,26)(H,27,28)/t19-,20-/m1/s1. The molecule has 2 N–H and O–H groups in total. The van der Waals surface area contributed by atoms with Crippen molar-refractivity contribution >= 4 is 18.0 Å². The average molecular weight is 433 g/mol. The highest BCUT2D eigenvalue weighted by Crippen LogP contribution is 2.15. The largest absolute Gasteiger partial charge is 0.490 e. The third kappa shape index (κ3) is 8.94. The van der Waals surface area contributed by atoms with Gasteiger partial charge in [-0.05, 0) is 30.0 Å². The topological polar surface area (TPSA) is 105 Å². The Labute approximate surface area is 183 Å². The quantitative estimate of drug-likeness (QED) is 0.464. The summed E-state index contributed by atoms with van der Waals surface area (Å²) in [6, 6.07) is 4.92. The van der Waals surface area contributed by atoms with Crippen LogP contribution in [0.15, 0.2) is 49.6 Å². The lowest BCUT2D eigenvalue weighted by Gasteiger charge is -2.29. The van der Waals surface area contributed by atoms with Crippen LogP contribution in [0.2, 0.25) is 0 Å². The Morgan fingerprint density at radius 1 is 1.13 bits per heavy atom. The summed E-state index contributed by atoms with van der Waals surface area (Å²) in [5.41, 5.74) is 0.720. The van der Waals surface area contributed by atoms with Gasteiger partial charge in [0.25, 0.3) is 0 Å². The molecular formula is C23H32N2O6. The second-order valence-electron chi connectivity index (χ2n) is 7.47. The normalized spacial score (nSPS) is 12.4. The van der Waals surface area contributed by atoms with Crippen molar-refractivity contribution in [3.63, 3.8) is 0 Å². The molecule has 0 heterocycles. The summed E-state index contributed by atoms with van der Waals surface area (Å²) >= 11 is 0. The van der Waals surface area contributed by atoms with E-state index in [1.54, 1.807) is 30.3 Å². The number of hydrogen-bond donors (Lipinski definition) is 2. The maximum atomic E-state index is 12.9. The summed E-state index contributed by atoms with van der Waals surface area (Å²) in [6.45, 7) is 11.3. The summed E-state index contributed by atoms with van der Waals surface area (Å²) in [6.07, 6.45) is 2.82. The SMILES string of the molecule is C=CCOC(=O)N(C)[C@H](CC(C)C)C(=O)N[C@H](Cc1ccc(OCC=C)cc1)C(=O)O. The van der Waals surface area contributed by atoms with Crippen LogP contribution in [-0.4, -0.2) is 60.3 Å². The highest BCUT2D eigenvalue weighted by molar-refractivity contribution is 5.89. The fourth-order valence-electron chi connectivity index (χ4n) is 2.83. The number of carbonyl (C=O) groups excluding carboxylic acids is 2. The van der Waals surface area contributed by atoms with Crippen molar-refractivity contribution < 1.29 is 29.0 Å². The van der Waals surface area contributed by atoms with E-state index in [9.17, 15) is 19.5 Å². The van der Waals surface area contributed by atoms with E-state index in [4.69, 9.17) is 9.47 Å². The number of hydrogen-bond acceptors (Lipinski definition) is 5. The molecule has 0 unspecified atom stereocenters. The minimum atomic E-state index is -1.17. The molecule has 0 saturated heterocycles. The van der Waals surface area contributed by atoms with E-state index in [0.29, 0.717) is 18.8 Å². The zero-order valence-electron chi connectivity index (χ0n) is 18.4. The lowest BCUT2D eigenvalue weighted by molar-refractivity contribution is -0.142. The molecule has 0 aliphatic carbocycles. The first-order chi connectivity index (χ1) is 14.7. The van der Waals surface area contributed by atoms with E-state index >= 15 is 0 Å². The number of amides is 2. The maximum absolute atomic E-state index is 12.9. The first-order valence-corrected chi connectivity index (χ1v) is 10.1. The Morgan fingerprint density at radius 3 is 2.26 bits per heavy atom. The molecule has 0 radical (unpaired) electrons. The van der Waals surface area contributed by atoms with Gasteiger partial charge in [0.05, 0.1) is 0 Å². The Hall–Kier alpha value is -3.29. The second kappa shape index (κ2) is 13.1. The van der Waals surface area contributed by atoms with Crippen LogP contribution in [0.25, 0.3) is 0 Å². The molecular weight excluding hydrogens is 400 g/mol. The summed E-state index contributed by atoms with van der Waals surface area (Å²) in [4.78, 5) is 38.0. The van der Waals surface area contributed by atoms with Crippen LogP contribution in [0.5, 0.6) is 5.75 Å². The Kier molecular flexibility index (Phi) is 10.9. The van der Waals surface area contributed by atoms with Gasteiger partial charge in [-0.25, -0.2) is 9.59 Å². The number of carboxylic acid groups (broad SMARTS) is 1. The molecule has 2 amide bonds. The number of aliphatic carboxylic acids is 1. The highest BCUT2D eigenvalue weighted by atomic mass is 16.6. The van der Waals surface area contributed by atoms with Gasteiger partial charge in [-0.3, -0.25) is 9.69 Å². The molecule has 31 heavy (non-hydrogen) atoms. The summed E-state index contributed by atoms with van der Waals surface area (Å²) in [5, 5.41) is 12.2. The van der Waals surface area contributed by atoms with Crippen LogP contribution in [0.1, 0.15) is 25.8 Å². The van der Waals surface area contributed by atoms with Gasteiger partial charge in [-0.1, -0.05) is 51.3 Å². The van der Waals surface area contributed by atoms with Gasteiger partial charge in [0.1, 0.15) is 31.0 Å². The fraction of sp³-hybridized carbons (Fsp3) is 0.435. The van der Waals surface area contributed by atoms with Crippen LogP contribution < -0.4 is 10.1 Å². The summed E-state index contributed by atoms with van der Waals surface area (Å²) in [7, 11) is 1.45. The van der Waals surface area contributed by atoms with Crippen molar-refractivity contribution in [2.24, 2.45) is 5.92 Å². The number of carbonyl (C=O) groups is 3. The van der Waals surface area contributed by atoms with E-state index in [-0.39, 0.29) is 18.9 Å². The number of rotatable bonds is 13. The zero-order valence-corrected chi connectivity index (χ0v) is 18.4. The lowest BCUT2D eigenvalue weighted by Crippen LogP contribution is -2.53. The summed E-state index contributed by atoms with van der Waals surface area (Å²) < 4.78 is 10.4. The molecule has 170 valence electrons. The van der Waals surface area contributed by atoms with Gasteiger partial charge in [0.2, 0.25) is 5.91 Å². The van der Waals surface area contributed by atoms with Crippen molar-refractivity contribution in [1.82, 2.24) is 10.2 Å². The number of nitrogens with zero attached hydrogens (tertiary/aromatic N) is 1. The third-order valence-corrected chi connectivity index (χ3v) is 4.42. The van der Waals surface area contributed by atoms with Gasteiger partial charge < -0.3 is 19.9 Å². The molecule has 1 aromatic rings. The molecule has 0 spiro atoms. The van der Waals surface area contributed by atoms with Crippen molar-refractivity contribution in [2.45, 2.75) is 38.8 Å². The fourth-order valence-corrected chi connectivity index (χ4v) is 2.83. The van der Waals surface area contributed by atoms with Gasteiger partial charge in [-0.2, -0.15) is 0 Å². The molecule has 0 aliphatic heterocycles. The predicted molar refractivity (Wildman–Crippen MR) is 118 cm³/mol. The second-order valence-corrected chi connectivity index (χ2v) is 7.47. The Balaban J connectivity index is 2.90. The number of ether oxygens (including phenoxy) is 2. The molecule has 0 aromatic heterocycles. The number of nitrogens with one attached hydrogen (secondary N) is 1. The Morgan fingerprint density at radius 2 is 1.74 bits per heavy atom. The van der Waals surface area contributed by atoms with Crippen molar-refractivity contribution in [3.05, 3.63) is 55.1 Å². The van der Waals surface area contributed by atoms with Crippen LogP contribution in [0.4, 0.5) is 4.79 Å². The highest BCUT2D eigenvalue weighted by Gasteiger charge is 2.31. The van der Waals surface area contributed by atoms with E-state index in [2.05, 4.69) is 18.5 Å². The van der Waals surface area contributed by atoms with Gasteiger partial charge in [-0.15, -0.1) is 0 Å². The number of carboxylic acids is 1. The Bertz CT molecular complexity index is 760. The van der Waals surface area contributed by atoms with Crippen molar-refractivity contribution in [2.75, 3.05) is 20.3 Å². The molecule has 0 aliphatic rings. The van der Waals surface area contributed by atoms with Gasteiger partial charge in [0.15, 0.2) is 0 Å². The van der Waals surface area contributed by atoms with Crippen LogP contribution in [-0.2, 0) is 20.7 Å². The van der Waals surface area contributed by atoms with Crippen LogP contribution in [0.3, 0.4) is 0 Å². The molecule has 0 bridgehead atoms. The predicted octanol–water partition coefficient (Wildman–Crippen LogP) is 3.03. The van der Waals surface area contributed by atoms with Crippen molar-refractivity contribution in [1.29, 1.82) is 0 Å². The molecule has 8 heteroatoms. The third-order valence-electron chi connectivity index (χ3n) is 4.42. The van der Waals surface area contributed by atoms with E-state index in [1.807, 2.05) is 13.8 Å². The number of likely N-dealkylation sites (N-methyl/N-ethyl adjacent to an activating group) is 1. The molecule has 8 nitrogen and oxygen atoms in total. The summed E-state index contributed by atoms with van der Waals surface area (Å²) in [5.74, 6) is -0.987. The van der Waals surface area contributed by atoms with Crippen molar-refractivity contribution in [3.8, 4) is 5.75 Å². The van der Waals surface area contributed by atoms with Crippen LogP contribution in [0, 0.1) is 5.92 Å². The van der Waals surface area contributed by atoms with E-state index in [1.165, 1.54) is 18.0 Å².